The molecule has 2 fully saturated rings. The number of carbonyl (C=O) groups excluding carboxylic acids is 1. The maximum absolute atomic E-state index is 11.1. The van der Waals surface area contributed by atoms with Crippen molar-refractivity contribution >= 4 is 5.97 Å². The molecule has 0 saturated carbocycles. The summed E-state index contributed by atoms with van der Waals surface area (Å²) in [6.07, 6.45) is 3.47. The zero-order valence-electron chi connectivity index (χ0n) is 9.23. The van der Waals surface area contributed by atoms with Crippen molar-refractivity contribution in [2.24, 2.45) is 0 Å². The molecule has 2 rings (SSSR count). The third-order valence-corrected chi connectivity index (χ3v) is 3.29. The number of nitrogens with zero attached hydrogens (tertiary/aromatic N) is 1. The van der Waals surface area contributed by atoms with Crippen LogP contribution in [0.4, 0.5) is 0 Å². The van der Waals surface area contributed by atoms with Crippen molar-refractivity contribution in [3.63, 3.8) is 0 Å². The molecule has 0 amide bonds. The van der Waals surface area contributed by atoms with Crippen molar-refractivity contribution in [3.8, 4) is 0 Å². The van der Waals surface area contributed by atoms with Crippen LogP contribution in [-0.2, 0) is 14.3 Å². The van der Waals surface area contributed by atoms with Gasteiger partial charge in [-0.2, -0.15) is 0 Å². The first-order valence-electron chi connectivity index (χ1n) is 5.27. The van der Waals surface area contributed by atoms with Gasteiger partial charge in [-0.1, -0.05) is 5.57 Å². The summed E-state index contributed by atoms with van der Waals surface area (Å²) in [5.74, 6) is -0.242. The number of hydrogen-bond acceptors (Lipinski definition) is 4. The van der Waals surface area contributed by atoms with Crippen molar-refractivity contribution in [3.05, 3.63) is 11.6 Å². The second-order valence-corrected chi connectivity index (χ2v) is 4.24. The van der Waals surface area contributed by atoms with Gasteiger partial charge in [0.2, 0.25) is 0 Å². The van der Waals surface area contributed by atoms with E-state index in [1.165, 1.54) is 12.7 Å². The number of rotatable bonds is 1. The quantitative estimate of drug-likeness (QED) is 0.470. The lowest BCUT2D eigenvalue weighted by atomic mass is 9.90. The average Bonchev–Trinajstić information content (AvgIpc) is 2.19. The lowest BCUT2D eigenvalue weighted by Crippen LogP contribution is -2.53. The van der Waals surface area contributed by atoms with Crippen LogP contribution < -0.4 is 0 Å². The number of esters is 1. The molecule has 84 valence electrons. The van der Waals surface area contributed by atoms with Crippen molar-refractivity contribution in [2.45, 2.75) is 24.9 Å². The van der Waals surface area contributed by atoms with E-state index in [0.717, 1.165) is 26.1 Å². The maximum Gasteiger partial charge on any atom is 0.330 e. The van der Waals surface area contributed by atoms with E-state index in [-0.39, 0.29) is 5.97 Å². The van der Waals surface area contributed by atoms with Gasteiger partial charge in [0.25, 0.3) is 0 Å². The monoisotopic (exact) mass is 211 g/mol. The third-order valence-electron chi connectivity index (χ3n) is 3.29. The van der Waals surface area contributed by atoms with Crippen LogP contribution in [0.25, 0.3) is 0 Å². The summed E-state index contributed by atoms with van der Waals surface area (Å²) in [6.45, 7) is 1.54. The summed E-state index contributed by atoms with van der Waals surface area (Å²) in [5, 5.41) is 0. The van der Waals surface area contributed by atoms with E-state index in [2.05, 4.69) is 16.7 Å². The second kappa shape index (κ2) is 4.33. The Kier molecular flexibility index (Phi) is 3.07. The normalized spacial score (nSPS) is 31.2. The number of carbonyl (C=O) groups is 1. The molecule has 0 N–H and O–H groups in total. The maximum atomic E-state index is 11.1. The smallest absolute Gasteiger partial charge is 0.330 e. The van der Waals surface area contributed by atoms with Gasteiger partial charge in [0.15, 0.2) is 0 Å². The summed E-state index contributed by atoms with van der Waals surface area (Å²) in [4.78, 5) is 13.5. The van der Waals surface area contributed by atoms with Crippen LogP contribution in [0.1, 0.15) is 12.8 Å². The first-order chi connectivity index (χ1) is 7.20. The molecule has 0 aromatic heterocycles. The molecule has 2 bridgehead atoms. The Morgan fingerprint density at radius 3 is 2.60 bits per heavy atom. The highest BCUT2D eigenvalue weighted by molar-refractivity contribution is 5.82. The second-order valence-electron chi connectivity index (χ2n) is 4.24. The van der Waals surface area contributed by atoms with Gasteiger partial charge in [-0.3, -0.25) is 4.90 Å². The molecule has 2 aliphatic heterocycles. The highest BCUT2D eigenvalue weighted by atomic mass is 16.5. The predicted molar refractivity (Wildman–Crippen MR) is 55.5 cm³/mol. The lowest BCUT2D eigenvalue weighted by molar-refractivity contribution is -0.135. The molecule has 4 nitrogen and oxygen atoms in total. The predicted octanol–water partition coefficient (Wildman–Crippen LogP) is 0.579. The van der Waals surface area contributed by atoms with E-state index in [1.807, 2.05) is 0 Å². The number of methoxy groups -OCH3 is 1. The number of piperidine rings is 1. The van der Waals surface area contributed by atoms with Gasteiger partial charge in [-0.25, -0.2) is 4.79 Å². The molecular weight excluding hydrogens is 194 g/mol. The Morgan fingerprint density at radius 2 is 2.07 bits per heavy atom. The molecular formula is C11H17NO3. The van der Waals surface area contributed by atoms with E-state index in [4.69, 9.17) is 4.74 Å². The summed E-state index contributed by atoms with van der Waals surface area (Å²) in [7, 11) is 3.55. The van der Waals surface area contributed by atoms with E-state index in [1.54, 1.807) is 6.08 Å². The Morgan fingerprint density at radius 1 is 1.47 bits per heavy atom. The molecule has 0 aromatic carbocycles. The fourth-order valence-corrected chi connectivity index (χ4v) is 2.31. The zero-order chi connectivity index (χ0) is 10.8. The van der Waals surface area contributed by atoms with Crippen LogP contribution in [0.3, 0.4) is 0 Å². The van der Waals surface area contributed by atoms with Crippen molar-refractivity contribution < 1.29 is 14.3 Å². The average molecular weight is 211 g/mol. The van der Waals surface area contributed by atoms with Crippen LogP contribution in [0, 0.1) is 0 Å². The van der Waals surface area contributed by atoms with E-state index in [0.29, 0.717) is 12.1 Å². The third kappa shape index (κ3) is 2.21. The van der Waals surface area contributed by atoms with Gasteiger partial charge >= 0.3 is 5.97 Å². The van der Waals surface area contributed by atoms with Gasteiger partial charge < -0.3 is 9.47 Å². The largest absolute Gasteiger partial charge is 0.466 e. The summed E-state index contributed by atoms with van der Waals surface area (Å²) >= 11 is 0. The summed E-state index contributed by atoms with van der Waals surface area (Å²) in [6, 6.07) is 0.849. The van der Waals surface area contributed by atoms with Crippen molar-refractivity contribution in [1.82, 2.24) is 4.90 Å². The molecule has 0 spiro atoms. The molecule has 0 aromatic rings. The van der Waals surface area contributed by atoms with Gasteiger partial charge in [0.1, 0.15) is 0 Å². The van der Waals surface area contributed by atoms with E-state index < -0.39 is 0 Å². The first kappa shape index (κ1) is 10.6. The minimum Gasteiger partial charge on any atom is -0.466 e. The van der Waals surface area contributed by atoms with Crippen LogP contribution in [0.15, 0.2) is 11.6 Å². The minimum atomic E-state index is -0.242. The molecule has 2 heterocycles. The zero-order valence-corrected chi connectivity index (χ0v) is 9.23. The van der Waals surface area contributed by atoms with Crippen LogP contribution in [0.2, 0.25) is 0 Å². The van der Waals surface area contributed by atoms with Gasteiger partial charge in [-0.15, -0.1) is 0 Å². The lowest BCUT2D eigenvalue weighted by Gasteiger charge is -2.44. The summed E-state index contributed by atoms with van der Waals surface area (Å²) in [5.41, 5.74) is 1.19. The Labute approximate surface area is 89.8 Å². The standard InChI is InChI=1S/C11H17NO3/c1-12-9-3-8(5-11(13)14-2)4-10(12)7-15-6-9/h5,9-10H,3-4,6-7H2,1-2H3. The van der Waals surface area contributed by atoms with Gasteiger partial charge in [0.05, 0.1) is 20.3 Å². The number of fused-ring (bicyclic) bond motifs is 2. The van der Waals surface area contributed by atoms with Crippen LogP contribution in [-0.4, -0.2) is 50.3 Å². The summed E-state index contributed by atoms with van der Waals surface area (Å²) < 4.78 is 10.1. The molecule has 2 aliphatic rings. The topological polar surface area (TPSA) is 38.8 Å². The Bertz CT molecular complexity index is 272. The molecule has 2 unspecified atom stereocenters. The van der Waals surface area contributed by atoms with Crippen LogP contribution in [0.5, 0.6) is 0 Å². The number of ether oxygens (including phenoxy) is 2. The number of likely N-dealkylation sites (N-methyl/N-ethyl adjacent to an activating group) is 1. The van der Waals surface area contributed by atoms with E-state index in [9.17, 15) is 4.79 Å². The highest BCUT2D eigenvalue weighted by Crippen LogP contribution is 2.29. The molecule has 15 heavy (non-hydrogen) atoms. The molecule has 2 saturated heterocycles. The molecule has 0 radical (unpaired) electrons. The van der Waals surface area contributed by atoms with Crippen molar-refractivity contribution in [1.29, 1.82) is 0 Å². The first-order valence-corrected chi connectivity index (χ1v) is 5.27. The van der Waals surface area contributed by atoms with E-state index >= 15 is 0 Å². The SMILES string of the molecule is COC(=O)C=C1CC2COCC(C1)N2C. The number of morpholine rings is 1. The Balaban J connectivity index is 2.07. The van der Waals surface area contributed by atoms with Crippen molar-refractivity contribution in [2.75, 3.05) is 27.4 Å². The Hall–Kier alpha value is -0.870. The fourth-order valence-electron chi connectivity index (χ4n) is 2.31. The van der Waals surface area contributed by atoms with Crippen LogP contribution >= 0.6 is 0 Å². The number of hydrogen-bond donors (Lipinski definition) is 0. The highest BCUT2D eigenvalue weighted by Gasteiger charge is 2.34. The molecule has 4 heteroatoms. The molecule has 2 atom stereocenters. The van der Waals surface area contributed by atoms with Gasteiger partial charge in [-0.05, 0) is 19.9 Å². The minimum absolute atomic E-state index is 0.242. The van der Waals surface area contributed by atoms with Gasteiger partial charge in [0, 0.05) is 18.2 Å². The molecule has 0 aliphatic carbocycles. The fraction of sp³-hybridized carbons (Fsp3) is 0.727.